The molecule has 144 valence electrons. The highest BCUT2D eigenvalue weighted by molar-refractivity contribution is 5.88. The Bertz CT molecular complexity index is 1070. The maximum atomic E-state index is 12.4. The largest absolute Gasteiger partial charge is 0.477 e. The summed E-state index contributed by atoms with van der Waals surface area (Å²) in [5.41, 5.74) is 8.10. The average Bonchev–Trinajstić information content (AvgIpc) is 2.72. The zero-order chi connectivity index (χ0) is 19.7. The van der Waals surface area contributed by atoms with E-state index < -0.39 is 17.1 Å². The summed E-state index contributed by atoms with van der Waals surface area (Å²) in [5.74, 6) is -1.21. The van der Waals surface area contributed by atoms with Crippen molar-refractivity contribution in [2.45, 2.75) is 24.9 Å². The molecule has 3 aromatic heterocycles. The van der Waals surface area contributed by atoms with Crippen LogP contribution in [0.1, 0.15) is 34.3 Å². The molecule has 0 bridgehead atoms. The lowest BCUT2D eigenvalue weighted by atomic mass is 9.82. The van der Waals surface area contributed by atoms with E-state index in [1.54, 1.807) is 18.5 Å². The number of nitrogens with two attached hydrogens (primary N) is 1. The van der Waals surface area contributed by atoms with Crippen molar-refractivity contribution in [1.29, 1.82) is 0 Å². The molecule has 0 saturated carbocycles. The lowest BCUT2D eigenvalue weighted by Gasteiger charge is -2.39. The third kappa shape index (κ3) is 3.30. The number of carboxylic acids is 1. The summed E-state index contributed by atoms with van der Waals surface area (Å²) in [6.07, 6.45) is 6.75. The number of aromatic carboxylic acids is 1. The van der Waals surface area contributed by atoms with Gasteiger partial charge in [0.25, 0.3) is 5.56 Å². The predicted molar refractivity (Wildman–Crippen MR) is 105 cm³/mol. The van der Waals surface area contributed by atoms with Crippen LogP contribution in [0.4, 0.5) is 0 Å². The molecule has 1 fully saturated rings. The molecule has 0 aliphatic carbocycles. The molecule has 7 nitrogen and oxygen atoms in total. The molecule has 0 atom stereocenters. The van der Waals surface area contributed by atoms with Gasteiger partial charge in [-0.15, -0.1) is 0 Å². The number of hydrogen-bond acceptors (Lipinski definition) is 5. The standard InChI is InChI=1S/C21H22N4O3/c22-21(16-4-3-8-23-13-16)6-10-24(11-7-21)14-15-12-17(20(27)28)19(26)25-9-2-1-5-18(15)25/h1-5,8-9,12-13H,6-7,10-11,14,22H2,(H,27,28). The van der Waals surface area contributed by atoms with E-state index in [9.17, 15) is 14.7 Å². The van der Waals surface area contributed by atoms with Crippen molar-refractivity contribution in [3.05, 3.63) is 82.0 Å². The first-order chi connectivity index (χ1) is 13.5. The number of nitrogens with zero attached hydrogens (tertiary/aromatic N) is 3. The fourth-order valence-electron chi connectivity index (χ4n) is 3.90. The minimum atomic E-state index is -1.21. The van der Waals surface area contributed by atoms with Crippen LogP contribution in [-0.2, 0) is 12.1 Å². The Morgan fingerprint density at radius 1 is 1.21 bits per heavy atom. The molecule has 4 heterocycles. The molecular weight excluding hydrogens is 356 g/mol. The van der Waals surface area contributed by atoms with E-state index in [0.717, 1.165) is 42.6 Å². The second kappa shape index (κ2) is 7.18. The fourth-order valence-corrected chi connectivity index (χ4v) is 3.90. The van der Waals surface area contributed by atoms with Crippen LogP contribution in [0.5, 0.6) is 0 Å². The number of fused-ring (bicyclic) bond motifs is 1. The molecule has 3 aromatic rings. The Morgan fingerprint density at radius 3 is 2.68 bits per heavy atom. The van der Waals surface area contributed by atoms with Gasteiger partial charge < -0.3 is 10.8 Å². The Balaban J connectivity index is 1.59. The van der Waals surface area contributed by atoms with E-state index in [2.05, 4.69) is 9.88 Å². The number of aromatic nitrogens is 2. The Hall–Kier alpha value is -3.03. The number of likely N-dealkylation sites (tertiary alicyclic amines) is 1. The summed E-state index contributed by atoms with van der Waals surface area (Å²) in [5, 5.41) is 9.40. The molecule has 4 rings (SSSR count). The van der Waals surface area contributed by atoms with Crippen LogP contribution in [0.15, 0.2) is 59.8 Å². The third-order valence-electron chi connectivity index (χ3n) is 5.57. The Labute approximate surface area is 162 Å². The van der Waals surface area contributed by atoms with Gasteiger partial charge in [-0.05, 0) is 48.2 Å². The highest BCUT2D eigenvalue weighted by Crippen LogP contribution is 2.30. The van der Waals surface area contributed by atoms with E-state index in [0.29, 0.717) is 6.54 Å². The van der Waals surface area contributed by atoms with Gasteiger partial charge in [0.15, 0.2) is 0 Å². The molecule has 0 radical (unpaired) electrons. The van der Waals surface area contributed by atoms with Gasteiger partial charge in [0.05, 0.1) is 5.52 Å². The van der Waals surface area contributed by atoms with Crippen molar-refractivity contribution in [2.24, 2.45) is 5.73 Å². The SMILES string of the molecule is NC1(c2cccnc2)CCN(Cc2cc(C(=O)O)c(=O)n3ccccc23)CC1. The summed E-state index contributed by atoms with van der Waals surface area (Å²) < 4.78 is 1.41. The summed E-state index contributed by atoms with van der Waals surface area (Å²) in [6, 6.07) is 10.8. The number of pyridine rings is 3. The van der Waals surface area contributed by atoms with Crippen molar-refractivity contribution in [3.8, 4) is 0 Å². The molecule has 1 aliphatic rings. The molecule has 0 amide bonds. The minimum absolute atomic E-state index is 0.209. The maximum Gasteiger partial charge on any atom is 0.341 e. The summed E-state index contributed by atoms with van der Waals surface area (Å²) in [6.45, 7) is 2.13. The fraction of sp³-hybridized carbons (Fsp3) is 0.286. The van der Waals surface area contributed by atoms with Crippen LogP contribution in [0.25, 0.3) is 5.52 Å². The molecule has 28 heavy (non-hydrogen) atoms. The lowest BCUT2D eigenvalue weighted by molar-refractivity contribution is 0.0694. The van der Waals surface area contributed by atoms with Crippen LogP contribution in [0, 0.1) is 0 Å². The van der Waals surface area contributed by atoms with E-state index in [-0.39, 0.29) is 5.56 Å². The number of carbonyl (C=O) groups is 1. The molecule has 1 saturated heterocycles. The van der Waals surface area contributed by atoms with Gasteiger partial charge in [0, 0.05) is 43.8 Å². The zero-order valence-corrected chi connectivity index (χ0v) is 15.4. The van der Waals surface area contributed by atoms with E-state index in [1.807, 2.05) is 30.5 Å². The Morgan fingerprint density at radius 2 is 2.00 bits per heavy atom. The smallest absolute Gasteiger partial charge is 0.341 e. The molecule has 7 heteroatoms. The van der Waals surface area contributed by atoms with E-state index >= 15 is 0 Å². The van der Waals surface area contributed by atoms with Crippen LogP contribution in [0.2, 0.25) is 0 Å². The number of carboxylic acid groups (broad SMARTS) is 1. The third-order valence-corrected chi connectivity index (χ3v) is 5.57. The monoisotopic (exact) mass is 378 g/mol. The average molecular weight is 378 g/mol. The minimum Gasteiger partial charge on any atom is -0.477 e. The van der Waals surface area contributed by atoms with Gasteiger partial charge in [0.2, 0.25) is 0 Å². The summed E-state index contributed by atoms with van der Waals surface area (Å²) in [7, 11) is 0. The second-order valence-electron chi connectivity index (χ2n) is 7.32. The van der Waals surface area contributed by atoms with Crippen molar-refractivity contribution >= 4 is 11.5 Å². The highest BCUT2D eigenvalue weighted by atomic mass is 16.4. The molecule has 0 unspecified atom stereocenters. The summed E-state index contributed by atoms with van der Waals surface area (Å²) in [4.78, 5) is 30.3. The van der Waals surface area contributed by atoms with Crippen molar-refractivity contribution in [1.82, 2.24) is 14.3 Å². The number of rotatable bonds is 4. The van der Waals surface area contributed by atoms with Crippen molar-refractivity contribution in [3.63, 3.8) is 0 Å². The zero-order valence-electron chi connectivity index (χ0n) is 15.4. The quantitative estimate of drug-likeness (QED) is 0.718. The van der Waals surface area contributed by atoms with Gasteiger partial charge >= 0.3 is 5.97 Å². The van der Waals surface area contributed by atoms with Gasteiger partial charge in [0.1, 0.15) is 5.56 Å². The first kappa shape index (κ1) is 18.3. The normalized spacial score (nSPS) is 16.9. The first-order valence-corrected chi connectivity index (χ1v) is 9.26. The van der Waals surface area contributed by atoms with Crippen LogP contribution in [-0.4, -0.2) is 38.4 Å². The van der Waals surface area contributed by atoms with Gasteiger partial charge in [-0.1, -0.05) is 12.1 Å². The second-order valence-corrected chi connectivity index (χ2v) is 7.32. The molecule has 0 aromatic carbocycles. The molecule has 0 spiro atoms. The van der Waals surface area contributed by atoms with Gasteiger partial charge in [-0.3, -0.25) is 19.1 Å². The summed E-state index contributed by atoms with van der Waals surface area (Å²) >= 11 is 0. The lowest BCUT2D eigenvalue weighted by Crippen LogP contribution is -2.48. The van der Waals surface area contributed by atoms with Gasteiger partial charge in [-0.25, -0.2) is 4.79 Å². The number of hydrogen-bond donors (Lipinski definition) is 2. The van der Waals surface area contributed by atoms with Crippen LogP contribution >= 0.6 is 0 Å². The van der Waals surface area contributed by atoms with E-state index in [4.69, 9.17) is 5.73 Å². The molecular formula is C21H22N4O3. The van der Waals surface area contributed by atoms with Crippen LogP contribution in [0.3, 0.4) is 0 Å². The highest BCUT2D eigenvalue weighted by Gasteiger charge is 2.32. The van der Waals surface area contributed by atoms with Crippen molar-refractivity contribution < 1.29 is 9.90 Å². The predicted octanol–water partition coefficient (Wildman–Crippen LogP) is 1.84. The van der Waals surface area contributed by atoms with Gasteiger partial charge in [-0.2, -0.15) is 0 Å². The van der Waals surface area contributed by atoms with Crippen molar-refractivity contribution in [2.75, 3.05) is 13.1 Å². The van der Waals surface area contributed by atoms with Crippen LogP contribution < -0.4 is 11.3 Å². The molecule has 3 N–H and O–H groups in total. The molecule has 1 aliphatic heterocycles. The topological polar surface area (TPSA) is 101 Å². The number of piperidine rings is 1. The maximum absolute atomic E-state index is 12.4. The van der Waals surface area contributed by atoms with E-state index in [1.165, 1.54) is 10.5 Å². The first-order valence-electron chi connectivity index (χ1n) is 9.26. The Kier molecular flexibility index (Phi) is 4.70.